The van der Waals surface area contributed by atoms with E-state index in [4.69, 9.17) is 4.98 Å². The Labute approximate surface area is 172 Å². The summed E-state index contributed by atoms with van der Waals surface area (Å²) in [6.07, 6.45) is 3.83. The van der Waals surface area contributed by atoms with E-state index < -0.39 is 0 Å². The lowest BCUT2D eigenvalue weighted by Gasteiger charge is -2.23. The van der Waals surface area contributed by atoms with Crippen LogP contribution in [0.25, 0.3) is 0 Å². The summed E-state index contributed by atoms with van der Waals surface area (Å²) < 4.78 is 0. The maximum Gasteiger partial charge on any atom is 0.225 e. The van der Waals surface area contributed by atoms with Gasteiger partial charge in [-0.05, 0) is 50.6 Å². The van der Waals surface area contributed by atoms with Gasteiger partial charge in [0.05, 0.1) is 11.6 Å². The Balaban J connectivity index is 1.51. The van der Waals surface area contributed by atoms with Crippen LogP contribution in [-0.2, 0) is 30.7 Å². The second kappa shape index (κ2) is 8.24. The Kier molecular flexibility index (Phi) is 5.69. The van der Waals surface area contributed by atoms with E-state index in [2.05, 4.69) is 46.4 Å². The van der Waals surface area contributed by atoms with E-state index in [1.54, 1.807) is 0 Å². The standard InChI is InChI=1S/C22H32N6O/c1-5-20-26-14(3)21(27-20)18-11-28(4)12-19(18)22(29)25-10-17-13(2)24-9-15-8-23-7-6-16(15)17/h9,18-19,23H,5-8,10-12H2,1-4H3,(H,25,29)(H,26,27)/t18-,19-/m0/s1. The number of carbonyl (C=O) groups is 1. The number of likely N-dealkylation sites (tertiary alicyclic amines) is 1. The number of likely N-dealkylation sites (N-methyl/N-ethyl adjacent to an activating group) is 1. The van der Waals surface area contributed by atoms with Crippen molar-refractivity contribution in [1.29, 1.82) is 0 Å². The van der Waals surface area contributed by atoms with Crippen molar-refractivity contribution in [2.24, 2.45) is 5.92 Å². The minimum atomic E-state index is -0.0822. The number of nitrogens with one attached hydrogen (secondary N) is 3. The molecule has 4 rings (SSSR count). The molecule has 0 saturated carbocycles. The van der Waals surface area contributed by atoms with E-state index >= 15 is 0 Å². The van der Waals surface area contributed by atoms with Crippen LogP contribution in [-0.4, -0.2) is 52.4 Å². The molecule has 0 spiro atoms. The molecule has 1 saturated heterocycles. The van der Waals surface area contributed by atoms with Crippen molar-refractivity contribution in [1.82, 2.24) is 30.5 Å². The van der Waals surface area contributed by atoms with Gasteiger partial charge in [-0.1, -0.05) is 6.92 Å². The largest absolute Gasteiger partial charge is 0.352 e. The highest BCUT2D eigenvalue weighted by atomic mass is 16.1. The Morgan fingerprint density at radius 1 is 1.34 bits per heavy atom. The molecule has 0 aliphatic carbocycles. The fourth-order valence-corrected chi connectivity index (χ4v) is 4.79. The lowest BCUT2D eigenvalue weighted by Crippen LogP contribution is -2.35. The number of aryl methyl sites for hydroxylation is 3. The van der Waals surface area contributed by atoms with Crippen LogP contribution in [0.15, 0.2) is 6.20 Å². The van der Waals surface area contributed by atoms with Gasteiger partial charge in [-0.3, -0.25) is 9.78 Å². The molecule has 2 aliphatic heterocycles. The summed E-state index contributed by atoms with van der Waals surface area (Å²) in [5, 5.41) is 6.62. The molecule has 7 nitrogen and oxygen atoms in total. The van der Waals surface area contributed by atoms with Crippen LogP contribution in [0.4, 0.5) is 0 Å². The monoisotopic (exact) mass is 396 g/mol. The van der Waals surface area contributed by atoms with Gasteiger partial charge >= 0.3 is 0 Å². The van der Waals surface area contributed by atoms with Gasteiger partial charge in [0.15, 0.2) is 0 Å². The molecule has 0 unspecified atom stereocenters. The minimum Gasteiger partial charge on any atom is -0.352 e. The van der Waals surface area contributed by atoms with Gasteiger partial charge in [0.25, 0.3) is 0 Å². The molecule has 7 heteroatoms. The first kappa shape index (κ1) is 20.0. The highest BCUT2D eigenvalue weighted by molar-refractivity contribution is 5.80. The molecule has 4 heterocycles. The highest BCUT2D eigenvalue weighted by Crippen LogP contribution is 2.33. The molecule has 156 valence electrons. The van der Waals surface area contributed by atoms with Gasteiger partial charge in [0.1, 0.15) is 5.82 Å². The van der Waals surface area contributed by atoms with E-state index in [9.17, 15) is 4.79 Å². The van der Waals surface area contributed by atoms with Gasteiger partial charge < -0.3 is 20.5 Å². The van der Waals surface area contributed by atoms with Crippen molar-refractivity contribution in [3.8, 4) is 0 Å². The van der Waals surface area contributed by atoms with Crippen molar-refractivity contribution in [3.05, 3.63) is 45.8 Å². The Morgan fingerprint density at radius 3 is 2.93 bits per heavy atom. The van der Waals surface area contributed by atoms with Crippen molar-refractivity contribution in [2.75, 3.05) is 26.7 Å². The molecular formula is C22H32N6O. The van der Waals surface area contributed by atoms with E-state index in [0.717, 1.165) is 61.9 Å². The zero-order valence-corrected chi connectivity index (χ0v) is 17.9. The predicted molar refractivity (Wildman–Crippen MR) is 113 cm³/mol. The van der Waals surface area contributed by atoms with Gasteiger partial charge in [-0.15, -0.1) is 0 Å². The van der Waals surface area contributed by atoms with Crippen LogP contribution in [0.5, 0.6) is 0 Å². The van der Waals surface area contributed by atoms with Gasteiger partial charge in [-0.25, -0.2) is 4.98 Å². The summed E-state index contributed by atoms with van der Waals surface area (Å²) in [7, 11) is 2.08. The molecule has 1 amide bonds. The number of carbonyl (C=O) groups excluding carboxylic acids is 1. The summed E-state index contributed by atoms with van der Waals surface area (Å²) in [6.45, 7) is 10.2. The lowest BCUT2D eigenvalue weighted by molar-refractivity contribution is -0.125. The molecule has 2 atom stereocenters. The van der Waals surface area contributed by atoms with Crippen molar-refractivity contribution < 1.29 is 4.79 Å². The molecule has 2 aliphatic rings. The number of H-pyrrole nitrogens is 1. The highest BCUT2D eigenvalue weighted by Gasteiger charge is 2.39. The SMILES string of the molecule is CCc1nc([C@H]2CN(C)C[C@@H]2C(=O)NCc2c(C)ncc3c2CCNC3)c(C)[nH]1. The molecule has 0 radical (unpaired) electrons. The van der Waals surface area contributed by atoms with Crippen LogP contribution in [0.3, 0.4) is 0 Å². The van der Waals surface area contributed by atoms with Crippen LogP contribution in [0, 0.1) is 19.8 Å². The normalized spacial score (nSPS) is 21.9. The third-order valence-electron chi connectivity index (χ3n) is 6.41. The molecule has 0 bridgehead atoms. The second-order valence-corrected chi connectivity index (χ2v) is 8.45. The summed E-state index contributed by atoms with van der Waals surface area (Å²) in [5.41, 5.74) is 6.94. The second-order valence-electron chi connectivity index (χ2n) is 8.45. The molecule has 2 aromatic heterocycles. The summed E-state index contributed by atoms with van der Waals surface area (Å²) in [4.78, 5) is 28.2. The summed E-state index contributed by atoms with van der Waals surface area (Å²) >= 11 is 0. The predicted octanol–water partition coefficient (Wildman–Crippen LogP) is 1.59. The number of imidazole rings is 1. The van der Waals surface area contributed by atoms with Crippen LogP contribution in [0.2, 0.25) is 0 Å². The number of fused-ring (bicyclic) bond motifs is 1. The number of rotatable bonds is 5. The van der Waals surface area contributed by atoms with E-state index in [-0.39, 0.29) is 17.7 Å². The fraction of sp³-hybridized carbons (Fsp3) is 0.591. The first-order chi connectivity index (χ1) is 14.0. The third-order valence-corrected chi connectivity index (χ3v) is 6.41. The Hall–Kier alpha value is -2.25. The number of hydrogen-bond donors (Lipinski definition) is 3. The number of pyridine rings is 1. The van der Waals surface area contributed by atoms with E-state index in [1.807, 2.05) is 13.1 Å². The fourth-order valence-electron chi connectivity index (χ4n) is 4.79. The molecular weight excluding hydrogens is 364 g/mol. The zero-order valence-electron chi connectivity index (χ0n) is 17.9. The number of aromatic amines is 1. The molecule has 2 aromatic rings. The van der Waals surface area contributed by atoms with E-state index in [1.165, 1.54) is 16.7 Å². The smallest absolute Gasteiger partial charge is 0.225 e. The zero-order chi connectivity index (χ0) is 20.5. The van der Waals surface area contributed by atoms with Crippen LogP contribution >= 0.6 is 0 Å². The summed E-state index contributed by atoms with van der Waals surface area (Å²) in [5.74, 6) is 1.16. The molecule has 3 N–H and O–H groups in total. The first-order valence-electron chi connectivity index (χ1n) is 10.7. The first-order valence-corrected chi connectivity index (χ1v) is 10.7. The number of hydrogen-bond acceptors (Lipinski definition) is 5. The average molecular weight is 397 g/mol. The minimum absolute atomic E-state index is 0.0822. The van der Waals surface area contributed by atoms with Crippen molar-refractivity contribution in [2.45, 2.75) is 52.6 Å². The van der Waals surface area contributed by atoms with Crippen molar-refractivity contribution in [3.63, 3.8) is 0 Å². The quantitative estimate of drug-likeness (QED) is 0.715. The number of aromatic nitrogens is 3. The maximum atomic E-state index is 13.2. The summed E-state index contributed by atoms with van der Waals surface area (Å²) in [6, 6.07) is 0. The van der Waals surface area contributed by atoms with Crippen LogP contribution in [0.1, 0.15) is 52.4 Å². The van der Waals surface area contributed by atoms with Gasteiger partial charge in [-0.2, -0.15) is 0 Å². The van der Waals surface area contributed by atoms with Crippen LogP contribution < -0.4 is 10.6 Å². The number of amides is 1. The topological polar surface area (TPSA) is 85.9 Å². The average Bonchev–Trinajstić information content (AvgIpc) is 3.29. The third kappa shape index (κ3) is 3.94. The number of nitrogens with zero attached hydrogens (tertiary/aromatic N) is 3. The van der Waals surface area contributed by atoms with Gasteiger partial charge in [0, 0.05) is 56.1 Å². The van der Waals surface area contributed by atoms with Gasteiger partial charge in [0.2, 0.25) is 5.91 Å². The molecule has 0 aromatic carbocycles. The Morgan fingerprint density at radius 2 is 2.17 bits per heavy atom. The lowest BCUT2D eigenvalue weighted by atomic mass is 9.90. The van der Waals surface area contributed by atoms with E-state index in [0.29, 0.717) is 6.54 Å². The Bertz CT molecular complexity index is 905. The maximum absolute atomic E-state index is 13.2. The van der Waals surface area contributed by atoms with Crippen molar-refractivity contribution >= 4 is 5.91 Å². The molecule has 1 fully saturated rings. The molecule has 29 heavy (non-hydrogen) atoms.